The Morgan fingerprint density at radius 2 is 1.93 bits per heavy atom. The van der Waals surface area contributed by atoms with Gasteiger partial charge in [-0.1, -0.05) is 29.8 Å². The minimum Gasteiger partial charge on any atom is -0.455 e. The first-order valence-corrected chi connectivity index (χ1v) is 8.55. The maximum absolute atomic E-state index is 12.5. The van der Waals surface area contributed by atoms with Gasteiger partial charge in [0, 0.05) is 10.6 Å². The van der Waals surface area contributed by atoms with Crippen LogP contribution in [0.25, 0.3) is 22.2 Å². The van der Waals surface area contributed by atoms with Crippen LogP contribution in [0.1, 0.15) is 11.3 Å². The number of para-hydroxylation sites is 1. The molecule has 0 aliphatic rings. The predicted molar refractivity (Wildman–Crippen MR) is 106 cm³/mol. The predicted octanol–water partition coefficient (Wildman–Crippen LogP) is 3.79. The summed E-state index contributed by atoms with van der Waals surface area (Å²) in [5.41, 5.74) is 1.23. The number of aromatic amines is 1. The second-order valence-corrected chi connectivity index (χ2v) is 6.43. The molecule has 7 heteroatoms. The van der Waals surface area contributed by atoms with Crippen molar-refractivity contribution in [2.45, 2.75) is 6.92 Å². The van der Waals surface area contributed by atoms with Crippen LogP contribution >= 0.6 is 11.6 Å². The van der Waals surface area contributed by atoms with E-state index in [2.05, 4.69) is 10.1 Å². The Balaban J connectivity index is 1.72. The molecule has 0 saturated heterocycles. The van der Waals surface area contributed by atoms with E-state index in [1.807, 2.05) is 25.1 Å². The fraction of sp³-hybridized carbons (Fsp3) is 0.0500. The standard InChI is InChI=1S/C20H14ClN3O3/c1-12-6-7-13(21)10-16(12)18-9-8-14(27-18)11-22-24-19(25)15-4-2-3-5-17(15)23-20(24)26/h2-11H,1H3,(H,23,26). The largest absolute Gasteiger partial charge is 0.455 e. The topological polar surface area (TPSA) is 80.4 Å². The van der Waals surface area contributed by atoms with E-state index >= 15 is 0 Å². The zero-order valence-corrected chi connectivity index (χ0v) is 15.0. The molecule has 0 saturated carbocycles. The first-order chi connectivity index (χ1) is 13.0. The maximum Gasteiger partial charge on any atom is 0.349 e. The lowest BCUT2D eigenvalue weighted by Gasteiger charge is -2.02. The molecule has 0 bridgehead atoms. The third-order valence-electron chi connectivity index (χ3n) is 4.18. The Bertz CT molecular complexity index is 1300. The number of aromatic nitrogens is 2. The summed E-state index contributed by atoms with van der Waals surface area (Å²) in [5, 5.41) is 4.97. The smallest absolute Gasteiger partial charge is 0.349 e. The number of rotatable bonds is 3. The highest BCUT2D eigenvalue weighted by Gasteiger charge is 2.09. The van der Waals surface area contributed by atoms with E-state index in [4.69, 9.17) is 16.0 Å². The number of fused-ring (bicyclic) bond motifs is 1. The quantitative estimate of drug-likeness (QED) is 0.550. The monoisotopic (exact) mass is 379 g/mol. The van der Waals surface area contributed by atoms with Gasteiger partial charge in [-0.2, -0.15) is 5.10 Å². The molecule has 4 rings (SSSR count). The zero-order valence-electron chi connectivity index (χ0n) is 14.3. The fourth-order valence-corrected chi connectivity index (χ4v) is 2.97. The van der Waals surface area contributed by atoms with Gasteiger partial charge in [0.15, 0.2) is 0 Å². The lowest BCUT2D eigenvalue weighted by molar-refractivity contribution is 0.573. The summed E-state index contributed by atoms with van der Waals surface area (Å²) in [7, 11) is 0. The molecule has 1 N–H and O–H groups in total. The summed E-state index contributed by atoms with van der Waals surface area (Å²) in [4.78, 5) is 27.2. The van der Waals surface area contributed by atoms with Crippen molar-refractivity contribution in [1.82, 2.24) is 9.66 Å². The van der Waals surface area contributed by atoms with Crippen molar-refractivity contribution in [3.05, 3.63) is 91.8 Å². The number of hydrogen-bond donors (Lipinski definition) is 1. The number of H-pyrrole nitrogens is 1. The molecule has 0 aliphatic carbocycles. The van der Waals surface area contributed by atoms with E-state index in [1.54, 1.807) is 36.4 Å². The van der Waals surface area contributed by atoms with Gasteiger partial charge < -0.3 is 9.40 Å². The van der Waals surface area contributed by atoms with Crippen molar-refractivity contribution in [3.63, 3.8) is 0 Å². The van der Waals surface area contributed by atoms with Crippen LogP contribution in [-0.2, 0) is 0 Å². The van der Waals surface area contributed by atoms with Crippen LogP contribution in [0.5, 0.6) is 0 Å². The second kappa shape index (κ2) is 6.74. The van der Waals surface area contributed by atoms with Crippen molar-refractivity contribution >= 4 is 28.7 Å². The molecule has 0 unspecified atom stereocenters. The molecule has 0 radical (unpaired) electrons. The van der Waals surface area contributed by atoms with Gasteiger partial charge in [-0.25, -0.2) is 4.79 Å². The zero-order chi connectivity index (χ0) is 19.0. The molecular formula is C20H14ClN3O3. The highest BCUT2D eigenvalue weighted by molar-refractivity contribution is 6.30. The number of nitrogens with one attached hydrogen (secondary N) is 1. The van der Waals surface area contributed by atoms with Crippen molar-refractivity contribution in [1.29, 1.82) is 0 Å². The van der Waals surface area contributed by atoms with Crippen molar-refractivity contribution in [2.75, 3.05) is 0 Å². The van der Waals surface area contributed by atoms with Crippen LogP contribution in [0, 0.1) is 6.92 Å². The SMILES string of the molecule is Cc1ccc(Cl)cc1-c1ccc(C=Nn2c(=O)[nH]c3ccccc3c2=O)o1. The van der Waals surface area contributed by atoms with Gasteiger partial charge in [-0.3, -0.25) is 4.79 Å². The van der Waals surface area contributed by atoms with E-state index in [-0.39, 0.29) is 0 Å². The van der Waals surface area contributed by atoms with Crippen LogP contribution in [0.2, 0.25) is 5.02 Å². The van der Waals surface area contributed by atoms with Crippen LogP contribution in [0.15, 0.2) is 73.7 Å². The van der Waals surface area contributed by atoms with E-state index in [0.717, 1.165) is 15.8 Å². The molecule has 0 fully saturated rings. The fourth-order valence-electron chi connectivity index (χ4n) is 2.80. The normalized spacial score (nSPS) is 11.5. The Kier molecular flexibility index (Phi) is 4.25. The Morgan fingerprint density at radius 3 is 2.78 bits per heavy atom. The number of halogens is 1. The summed E-state index contributed by atoms with van der Waals surface area (Å²) < 4.78 is 6.53. The molecule has 0 aliphatic heterocycles. The molecule has 134 valence electrons. The first kappa shape index (κ1) is 17.1. The summed E-state index contributed by atoms with van der Waals surface area (Å²) in [6, 6.07) is 15.8. The Morgan fingerprint density at radius 1 is 1.11 bits per heavy atom. The van der Waals surface area contributed by atoms with E-state index < -0.39 is 11.2 Å². The molecule has 2 heterocycles. The Hall–Kier alpha value is -3.38. The molecule has 4 aromatic rings. The lowest BCUT2D eigenvalue weighted by Crippen LogP contribution is -2.32. The minimum atomic E-state index is -0.618. The minimum absolute atomic E-state index is 0.379. The molecule has 6 nitrogen and oxygen atoms in total. The van der Waals surface area contributed by atoms with Gasteiger partial charge in [0.05, 0.1) is 17.1 Å². The maximum atomic E-state index is 12.5. The summed E-state index contributed by atoms with van der Waals surface area (Å²) in [6.45, 7) is 1.95. The average molecular weight is 380 g/mol. The number of nitrogens with zero attached hydrogens (tertiary/aromatic N) is 2. The average Bonchev–Trinajstić information content (AvgIpc) is 3.12. The van der Waals surface area contributed by atoms with Gasteiger partial charge in [0.2, 0.25) is 0 Å². The third kappa shape index (κ3) is 3.22. The molecule has 2 aromatic heterocycles. The highest BCUT2D eigenvalue weighted by Crippen LogP contribution is 2.27. The Labute approximate surface area is 158 Å². The van der Waals surface area contributed by atoms with E-state index in [9.17, 15) is 9.59 Å². The molecule has 2 aromatic carbocycles. The first-order valence-electron chi connectivity index (χ1n) is 8.18. The van der Waals surface area contributed by atoms with Gasteiger partial charge >= 0.3 is 5.69 Å². The summed E-state index contributed by atoms with van der Waals surface area (Å²) >= 11 is 6.05. The number of furan rings is 1. The van der Waals surface area contributed by atoms with Gasteiger partial charge in [-0.15, -0.1) is 4.68 Å². The van der Waals surface area contributed by atoms with Crippen LogP contribution in [-0.4, -0.2) is 15.9 Å². The second-order valence-electron chi connectivity index (χ2n) is 6.00. The number of hydrogen-bond acceptors (Lipinski definition) is 4. The molecular weight excluding hydrogens is 366 g/mol. The van der Waals surface area contributed by atoms with E-state index in [0.29, 0.717) is 27.4 Å². The molecule has 0 spiro atoms. The number of aryl methyl sites for hydroxylation is 1. The summed E-state index contributed by atoms with van der Waals surface area (Å²) in [6.07, 6.45) is 1.33. The number of benzene rings is 2. The molecule has 0 atom stereocenters. The van der Waals surface area contributed by atoms with Crippen LogP contribution < -0.4 is 11.2 Å². The van der Waals surface area contributed by atoms with Crippen LogP contribution in [0.4, 0.5) is 0 Å². The lowest BCUT2D eigenvalue weighted by atomic mass is 10.1. The van der Waals surface area contributed by atoms with Gasteiger partial charge in [0.1, 0.15) is 11.5 Å². The van der Waals surface area contributed by atoms with Gasteiger partial charge in [-0.05, 0) is 48.9 Å². The van der Waals surface area contributed by atoms with E-state index in [1.165, 1.54) is 6.21 Å². The molecule has 27 heavy (non-hydrogen) atoms. The van der Waals surface area contributed by atoms with Crippen LogP contribution in [0.3, 0.4) is 0 Å². The summed E-state index contributed by atoms with van der Waals surface area (Å²) in [5.74, 6) is 1.03. The molecule has 0 amide bonds. The van der Waals surface area contributed by atoms with Crippen molar-refractivity contribution in [2.24, 2.45) is 5.10 Å². The van der Waals surface area contributed by atoms with Gasteiger partial charge in [0.25, 0.3) is 5.56 Å². The van der Waals surface area contributed by atoms with Crippen molar-refractivity contribution in [3.8, 4) is 11.3 Å². The van der Waals surface area contributed by atoms with Crippen molar-refractivity contribution < 1.29 is 4.42 Å². The highest BCUT2D eigenvalue weighted by atomic mass is 35.5. The third-order valence-corrected chi connectivity index (χ3v) is 4.41.